The number of carboxylic acid groups (broad SMARTS) is 1. The van der Waals surface area contributed by atoms with Gasteiger partial charge in [0.25, 0.3) is 0 Å². The van der Waals surface area contributed by atoms with Gasteiger partial charge in [-0.3, -0.25) is 14.4 Å². The van der Waals surface area contributed by atoms with E-state index in [1.807, 2.05) is 27.7 Å². The monoisotopic (exact) mass is 414 g/mol. The minimum Gasteiger partial charge on any atom is -0.480 e. The second-order valence-electron chi connectivity index (χ2n) is 8.09. The maximum Gasteiger partial charge on any atom is 0.326 e. The van der Waals surface area contributed by atoms with Crippen LogP contribution in [-0.2, 0) is 19.2 Å². The lowest BCUT2D eigenvalue weighted by Crippen LogP contribution is -2.56. The predicted octanol–water partition coefficient (Wildman–Crippen LogP) is 0.622. The van der Waals surface area contributed by atoms with E-state index in [1.165, 1.54) is 0 Å². The number of nitrogens with one attached hydrogen (secondary N) is 3. The Labute approximate surface area is 173 Å². The molecule has 6 N–H and O–H groups in total. The smallest absolute Gasteiger partial charge is 0.326 e. The topological polar surface area (TPSA) is 151 Å². The summed E-state index contributed by atoms with van der Waals surface area (Å²) < 4.78 is 0. The highest BCUT2D eigenvalue weighted by Gasteiger charge is 2.31. The molecule has 0 saturated carbocycles. The van der Waals surface area contributed by atoms with Gasteiger partial charge in [-0.1, -0.05) is 54.4 Å². The Morgan fingerprint density at radius 1 is 0.862 bits per heavy atom. The number of carbonyl (C=O) groups excluding carboxylic acids is 3. The molecule has 3 amide bonds. The highest BCUT2D eigenvalue weighted by molar-refractivity contribution is 5.92. The van der Waals surface area contributed by atoms with E-state index in [9.17, 15) is 24.3 Å². The number of nitrogens with two attached hydrogens (primary N) is 1. The van der Waals surface area contributed by atoms with E-state index >= 15 is 0 Å². The van der Waals surface area contributed by atoms with Crippen molar-refractivity contribution < 1.29 is 24.3 Å². The molecule has 0 aromatic rings. The summed E-state index contributed by atoms with van der Waals surface area (Å²) in [6, 6.07) is -2.65. The van der Waals surface area contributed by atoms with E-state index in [1.54, 1.807) is 13.8 Å². The quantitative estimate of drug-likeness (QED) is 0.298. The molecular formula is C20H38N4O5. The summed E-state index contributed by atoms with van der Waals surface area (Å²) in [6.07, 6.45) is 1.68. The van der Waals surface area contributed by atoms with Crippen molar-refractivity contribution in [3.05, 3.63) is 0 Å². The molecule has 0 aliphatic carbocycles. The van der Waals surface area contributed by atoms with Crippen molar-refractivity contribution in [3.8, 4) is 0 Å². The zero-order chi connectivity index (χ0) is 22.7. The second kappa shape index (κ2) is 13.1. The number of hydrogen-bond donors (Lipinski definition) is 5. The first-order valence-electron chi connectivity index (χ1n) is 10.3. The number of rotatable bonds is 13. The van der Waals surface area contributed by atoms with Crippen molar-refractivity contribution in [3.63, 3.8) is 0 Å². The van der Waals surface area contributed by atoms with Crippen molar-refractivity contribution in [2.75, 3.05) is 6.54 Å². The van der Waals surface area contributed by atoms with E-state index < -0.39 is 41.8 Å². The van der Waals surface area contributed by atoms with Crippen LogP contribution in [0.15, 0.2) is 0 Å². The minimum absolute atomic E-state index is 0.218. The van der Waals surface area contributed by atoms with Crippen molar-refractivity contribution in [1.29, 1.82) is 0 Å². The number of aliphatic carboxylic acids is 1. The summed E-state index contributed by atoms with van der Waals surface area (Å²) in [4.78, 5) is 48.4. The molecule has 0 aliphatic heterocycles. The third-order valence-corrected chi connectivity index (χ3v) is 5.07. The fraction of sp³-hybridized carbons (Fsp3) is 0.800. The van der Waals surface area contributed by atoms with Crippen molar-refractivity contribution in [1.82, 2.24) is 16.0 Å². The average molecular weight is 415 g/mol. The van der Waals surface area contributed by atoms with Gasteiger partial charge in [-0.05, 0) is 24.2 Å². The highest BCUT2D eigenvalue weighted by atomic mass is 16.4. The van der Waals surface area contributed by atoms with Crippen LogP contribution in [0.2, 0.25) is 0 Å². The molecular weight excluding hydrogens is 376 g/mol. The second-order valence-corrected chi connectivity index (χ2v) is 8.09. The van der Waals surface area contributed by atoms with E-state index in [0.717, 1.165) is 0 Å². The number of carboxylic acids is 1. The highest BCUT2D eigenvalue weighted by Crippen LogP contribution is 2.12. The lowest BCUT2D eigenvalue weighted by Gasteiger charge is -2.27. The van der Waals surface area contributed by atoms with Crippen molar-refractivity contribution in [2.45, 2.75) is 78.9 Å². The van der Waals surface area contributed by atoms with Gasteiger partial charge >= 0.3 is 5.97 Å². The van der Waals surface area contributed by atoms with E-state index in [2.05, 4.69) is 16.0 Å². The van der Waals surface area contributed by atoms with Crippen LogP contribution >= 0.6 is 0 Å². The Morgan fingerprint density at radius 3 is 1.83 bits per heavy atom. The summed E-state index contributed by atoms with van der Waals surface area (Å²) in [6.45, 7) is 10.8. The lowest BCUT2D eigenvalue weighted by atomic mass is 9.95. The first kappa shape index (κ1) is 26.8. The molecule has 0 aromatic carbocycles. The maximum atomic E-state index is 12.7. The molecule has 0 heterocycles. The van der Waals surface area contributed by atoms with E-state index in [0.29, 0.717) is 19.3 Å². The average Bonchev–Trinajstić information content (AvgIpc) is 2.65. The zero-order valence-electron chi connectivity index (χ0n) is 18.5. The van der Waals surface area contributed by atoms with Crippen LogP contribution in [0.5, 0.6) is 0 Å². The molecule has 29 heavy (non-hydrogen) atoms. The maximum absolute atomic E-state index is 12.7. The van der Waals surface area contributed by atoms with Gasteiger partial charge in [0.05, 0.1) is 12.6 Å². The standard InChI is InChI=1S/C20H38N4O5/c1-7-12(5)16(19(27)24-17(20(28)29)13(6)8-2)23-15(25)10-22-18(26)14(21)9-11(3)4/h11-14,16-17H,7-10,21H2,1-6H3,(H,22,26)(H,23,25)(H,24,27)(H,28,29). The molecule has 0 rings (SSSR count). The number of amides is 3. The van der Waals surface area contributed by atoms with E-state index in [4.69, 9.17) is 5.73 Å². The predicted molar refractivity (Wildman–Crippen MR) is 111 cm³/mol. The van der Waals surface area contributed by atoms with Crippen LogP contribution in [0.4, 0.5) is 0 Å². The van der Waals surface area contributed by atoms with Gasteiger partial charge in [0.1, 0.15) is 12.1 Å². The summed E-state index contributed by atoms with van der Waals surface area (Å²) >= 11 is 0. The molecule has 0 aromatic heterocycles. The van der Waals surface area contributed by atoms with Crippen molar-refractivity contribution in [2.24, 2.45) is 23.5 Å². The Bertz CT molecular complexity index is 567. The Hall–Kier alpha value is -2.16. The van der Waals surface area contributed by atoms with Gasteiger partial charge in [0.15, 0.2) is 0 Å². The molecule has 0 saturated heterocycles. The first-order chi connectivity index (χ1) is 13.4. The fourth-order valence-corrected chi connectivity index (χ4v) is 2.77. The summed E-state index contributed by atoms with van der Waals surface area (Å²) in [5.41, 5.74) is 5.78. The summed E-state index contributed by atoms with van der Waals surface area (Å²) in [7, 11) is 0. The molecule has 168 valence electrons. The molecule has 0 spiro atoms. The number of hydrogen-bond acceptors (Lipinski definition) is 5. The molecule has 9 heteroatoms. The lowest BCUT2D eigenvalue weighted by molar-refractivity contribution is -0.144. The third kappa shape index (κ3) is 9.74. The van der Waals surface area contributed by atoms with Crippen molar-refractivity contribution >= 4 is 23.7 Å². The van der Waals surface area contributed by atoms with E-state index in [-0.39, 0.29) is 24.3 Å². The zero-order valence-corrected chi connectivity index (χ0v) is 18.5. The van der Waals surface area contributed by atoms with Gasteiger partial charge < -0.3 is 26.8 Å². The molecule has 5 atom stereocenters. The third-order valence-electron chi connectivity index (χ3n) is 5.07. The van der Waals surface area contributed by atoms with Gasteiger partial charge in [0.2, 0.25) is 17.7 Å². The normalized spacial score (nSPS) is 16.3. The van der Waals surface area contributed by atoms with Gasteiger partial charge in [-0.15, -0.1) is 0 Å². The fourth-order valence-electron chi connectivity index (χ4n) is 2.77. The Morgan fingerprint density at radius 2 is 1.38 bits per heavy atom. The van der Waals surface area contributed by atoms with Crippen LogP contribution < -0.4 is 21.7 Å². The molecule has 0 radical (unpaired) electrons. The number of carbonyl (C=O) groups is 4. The van der Waals surface area contributed by atoms with Crippen LogP contribution in [0.3, 0.4) is 0 Å². The molecule has 0 aliphatic rings. The first-order valence-corrected chi connectivity index (χ1v) is 10.3. The van der Waals surface area contributed by atoms with Crippen LogP contribution in [0, 0.1) is 17.8 Å². The Balaban J connectivity index is 4.98. The molecule has 0 fully saturated rings. The largest absolute Gasteiger partial charge is 0.480 e. The summed E-state index contributed by atoms with van der Waals surface area (Å²) in [5, 5.41) is 17.0. The molecule has 0 bridgehead atoms. The van der Waals surface area contributed by atoms with Crippen LogP contribution in [0.25, 0.3) is 0 Å². The van der Waals surface area contributed by atoms with Crippen LogP contribution in [0.1, 0.15) is 60.8 Å². The van der Waals surface area contributed by atoms with Gasteiger partial charge in [-0.2, -0.15) is 0 Å². The van der Waals surface area contributed by atoms with Gasteiger partial charge in [-0.25, -0.2) is 4.79 Å². The minimum atomic E-state index is -1.12. The molecule has 9 nitrogen and oxygen atoms in total. The van der Waals surface area contributed by atoms with Gasteiger partial charge in [0, 0.05) is 0 Å². The molecule has 5 unspecified atom stereocenters. The Kier molecular flexibility index (Phi) is 12.2. The SMILES string of the molecule is CCC(C)C(NC(=O)C(NC(=O)CNC(=O)C(N)CC(C)C)C(C)CC)C(=O)O. The van der Waals surface area contributed by atoms with Crippen LogP contribution in [-0.4, -0.2) is 53.5 Å². The summed E-state index contributed by atoms with van der Waals surface area (Å²) in [5.74, 6) is -2.87.